The van der Waals surface area contributed by atoms with E-state index in [1.54, 1.807) is 19.3 Å². The fourth-order valence-corrected chi connectivity index (χ4v) is 2.90. The monoisotopic (exact) mass is 352 g/mol. The Hall–Kier alpha value is -1.74. The van der Waals surface area contributed by atoms with Gasteiger partial charge in [0.05, 0.1) is 24.4 Å². The minimum atomic E-state index is -1.33. The molecular weight excluding hydrogens is 324 g/mol. The van der Waals surface area contributed by atoms with Crippen LogP contribution in [-0.2, 0) is 6.54 Å². The van der Waals surface area contributed by atoms with E-state index in [0.717, 1.165) is 5.56 Å². The number of rotatable bonds is 9. The Morgan fingerprint density at radius 1 is 1.28 bits per heavy atom. The van der Waals surface area contributed by atoms with Gasteiger partial charge in [0.25, 0.3) is 0 Å². The third kappa shape index (κ3) is 5.64. The molecule has 25 heavy (non-hydrogen) atoms. The molecule has 0 saturated heterocycles. The summed E-state index contributed by atoms with van der Waals surface area (Å²) >= 11 is 0. The zero-order valence-electron chi connectivity index (χ0n) is 14.4. The molecule has 1 aromatic heterocycles. The number of hydrogen-bond acceptors (Lipinski definition) is 8. The topological polar surface area (TPSA) is 135 Å². The van der Waals surface area contributed by atoms with Crippen LogP contribution >= 0.6 is 0 Å². The molecule has 1 aliphatic heterocycles. The van der Waals surface area contributed by atoms with Crippen molar-refractivity contribution in [1.82, 2.24) is 9.88 Å². The number of aliphatic imine (C=N–C) groups is 1. The summed E-state index contributed by atoms with van der Waals surface area (Å²) in [5.41, 5.74) is 6.95. The second kappa shape index (κ2) is 9.10. The van der Waals surface area contributed by atoms with E-state index in [-0.39, 0.29) is 18.9 Å². The molecule has 140 valence electrons. The summed E-state index contributed by atoms with van der Waals surface area (Å²) < 4.78 is 0. The number of nitrogens with two attached hydrogens (primary N) is 1. The molecule has 0 spiro atoms. The molecule has 6 N–H and O–H groups in total. The maximum Gasteiger partial charge on any atom is 0.191 e. The van der Waals surface area contributed by atoms with E-state index < -0.39 is 24.4 Å². The average molecular weight is 352 g/mol. The number of nitrogens with zero attached hydrogens (tertiary/aromatic N) is 3. The first-order chi connectivity index (χ1) is 11.9. The molecule has 8 nitrogen and oxygen atoms in total. The largest absolute Gasteiger partial charge is 0.393 e. The fraction of sp³-hybridized carbons (Fsp3) is 0.647. The van der Waals surface area contributed by atoms with E-state index in [2.05, 4.69) is 9.98 Å². The Kier molecular flexibility index (Phi) is 7.12. The third-order valence-corrected chi connectivity index (χ3v) is 4.45. The summed E-state index contributed by atoms with van der Waals surface area (Å²) in [7, 11) is 0. The van der Waals surface area contributed by atoms with Gasteiger partial charge in [0, 0.05) is 38.3 Å². The molecule has 0 amide bonds. The fourth-order valence-electron chi connectivity index (χ4n) is 2.90. The Bertz CT molecular complexity index is 557. The van der Waals surface area contributed by atoms with Crippen molar-refractivity contribution in [2.45, 2.75) is 63.2 Å². The van der Waals surface area contributed by atoms with Crippen LogP contribution < -0.4 is 5.73 Å². The summed E-state index contributed by atoms with van der Waals surface area (Å²) in [6, 6.07) is 3.54. The van der Waals surface area contributed by atoms with Gasteiger partial charge in [-0.1, -0.05) is 13.0 Å². The molecule has 0 saturated carbocycles. The lowest BCUT2D eigenvalue weighted by molar-refractivity contribution is -0.0772. The SMILES string of the molecule is CCC(O)CC(O)C(O)C(O)CC1CN(Cc2cccnc2)C(N)=N1. The molecule has 0 radical (unpaired) electrons. The van der Waals surface area contributed by atoms with E-state index >= 15 is 0 Å². The highest BCUT2D eigenvalue weighted by Crippen LogP contribution is 2.18. The minimum Gasteiger partial charge on any atom is -0.393 e. The van der Waals surface area contributed by atoms with Crippen LogP contribution in [0.5, 0.6) is 0 Å². The van der Waals surface area contributed by atoms with Crippen molar-refractivity contribution < 1.29 is 20.4 Å². The van der Waals surface area contributed by atoms with Crippen molar-refractivity contribution in [1.29, 1.82) is 0 Å². The van der Waals surface area contributed by atoms with Crippen LogP contribution in [0.25, 0.3) is 0 Å². The normalized spacial score (nSPS) is 22.4. The summed E-state index contributed by atoms with van der Waals surface area (Å²) in [5, 5.41) is 39.7. The number of hydrogen-bond donors (Lipinski definition) is 5. The molecule has 2 rings (SSSR count). The Labute approximate surface area is 147 Å². The number of pyridine rings is 1. The van der Waals surface area contributed by atoms with Crippen molar-refractivity contribution in [3.8, 4) is 0 Å². The van der Waals surface area contributed by atoms with Crippen LogP contribution in [-0.4, -0.2) is 73.3 Å². The van der Waals surface area contributed by atoms with Crippen LogP contribution in [0.4, 0.5) is 0 Å². The van der Waals surface area contributed by atoms with Gasteiger partial charge in [-0.05, 0) is 18.1 Å². The van der Waals surface area contributed by atoms with Gasteiger partial charge in [-0.25, -0.2) is 4.99 Å². The highest BCUT2D eigenvalue weighted by atomic mass is 16.4. The van der Waals surface area contributed by atoms with E-state index in [4.69, 9.17) is 5.73 Å². The summed E-state index contributed by atoms with van der Waals surface area (Å²) in [4.78, 5) is 10.3. The number of guanidine groups is 1. The molecule has 5 atom stereocenters. The van der Waals surface area contributed by atoms with Gasteiger partial charge in [0.2, 0.25) is 0 Å². The summed E-state index contributed by atoms with van der Waals surface area (Å²) in [6.07, 6.45) is -0.203. The van der Waals surface area contributed by atoms with Crippen LogP contribution in [0, 0.1) is 0 Å². The zero-order valence-corrected chi connectivity index (χ0v) is 14.4. The van der Waals surface area contributed by atoms with Gasteiger partial charge in [0.15, 0.2) is 5.96 Å². The Morgan fingerprint density at radius 2 is 2.04 bits per heavy atom. The van der Waals surface area contributed by atoms with Gasteiger partial charge in [-0.3, -0.25) is 4.98 Å². The lowest BCUT2D eigenvalue weighted by Gasteiger charge is -2.26. The summed E-state index contributed by atoms with van der Waals surface area (Å²) in [5.74, 6) is 0.387. The highest BCUT2D eigenvalue weighted by molar-refractivity contribution is 5.80. The predicted octanol–water partition coefficient (Wildman–Crippen LogP) is -0.786. The van der Waals surface area contributed by atoms with Gasteiger partial charge in [0.1, 0.15) is 6.10 Å². The second-order valence-corrected chi connectivity index (χ2v) is 6.54. The number of aliphatic hydroxyl groups excluding tert-OH is 4. The first-order valence-electron chi connectivity index (χ1n) is 8.60. The van der Waals surface area contributed by atoms with E-state index in [9.17, 15) is 20.4 Å². The zero-order chi connectivity index (χ0) is 18.4. The van der Waals surface area contributed by atoms with Gasteiger partial charge >= 0.3 is 0 Å². The summed E-state index contributed by atoms with van der Waals surface area (Å²) in [6.45, 7) is 2.88. The van der Waals surface area contributed by atoms with Gasteiger partial charge in [-0.15, -0.1) is 0 Å². The molecule has 1 aromatic rings. The van der Waals surface area contributed by atoms with Crippen LogP contribution in [0.2, 0.25) is 0 Å². The Morgan fingerprint density at radius 3 is 2.68 bits per heavy atom. The molecule has 0 aliphatic carbocycles. The maximum atomic E-state index is 10.2. The van der Waals surface area contributed by atoms with Crippen molar-refractivity contribution in [3.05, 3.63) is 30.1 Å². The van der Waals surface area contributed by atoms with Crippen LogP contribution in [0.1, 0.15) is 31.7 Å². The third-order valence-electron chi connectivity index (χ3n) is 4.45. The highest BCUT2D eigenvalue weighted by Gasteiger charge is 2.31. The number of aromatic nitrogens is 1. The molecule has 0 bridgehead atoms. The molecule has 0 aromatic carbocycles. The molecule has 8 heteroatoms. The van der Waals surface area contributed by atoms with E-state index in [1.165, 1.54) is 0 Å². The van der Waals surface area contributed by atoms with Crippen molar-refractivity contribution in [3.63, 3.8) is 0 Å². The second-order valence-electron chi connectivity index (χ2n) is 6.54. The standard InChI is InChI=1S/C17H28N4O4/c1-2-13(22)7-15(24)16(25)14(23)6-12-10-21(17(18)20-12)9-11-4-3-5-19-8-11/h3-5,8,12-16,22-25H,2,6-7,9-10H2,1H3,(H2,18,20). The first-order valence-corrected chi connectivity index (χ1v) is 8.60. The quantitative estimate of drug-likeness (QED) is 0.393. The first kappa shape index (κ1) is 19.6. The minimum absolute atomic E-state index is 0.0257. The predicted molar refractivity (Wildman–Crippen MR) is 93.6 cm³/mol. The lowest BCUT2D eigenvalue weighted by atomic mass is 9.97. The van der Waals surface area contributed by atoms with Crippen molar-refractivity contribution in [2.75, 3.05) is 6.54 Å². The maximum absolute atomic E-state index is 10.2. The lowest BCUT2D eigenvalue weighted by Crippen LogP contribution is -2.41. The van der Waals surface area contributed by atoms with E-state index in [0.29, 0.717) is 25.5 Å². The average Bonchev–Trinajstić information content (AvgIpc) is 2.93. The molecule has 5 unspecified atom stereocenters. The molecule has 0 fully saturated rings. The van der Waals surface area contributed by atoms with Gasteiger partial charge < -0.3 is 31.1 Å². The van der Waals surface area contributed by atoms with E-state index in [1.807, 2.05) is 17.0 Å². The van der Waals surface area contributed by atoms with Crippen LogP contribution in [0.15, 0.2) is 29.5 Å². The Balaban J connectivity index is 1.84. The van der Waals surface area contributed by atoms with Crippen molar-refractivity contribution >= 4 is 5.96 Å². The van der Waals surface area contributed by atoms with Gasteiger partial charge in [-0.2, -0.15) is 0 Å². The number of aliphatic hydroxyl groups is 4. The van der Waals surface area contributed by atoms with Crippen LogP contribution in [0.3, 0.4) is 0 Å². The molecule has 1 aliphatic rings. The molecule has 2 heterocycles. The van der Waals surface area contributed by atoms with Crippen molar-refractivity contribution in [2.24, 2.45) is 10.7 Å². The smallest absolute Gasteiger partial charge is 0.191 e. The molecular formula is C17H28N4O4.